The Morgan fingerprint density at radius 1 is 1.29 bits per heavy atom. The second kappa shape index (κ2) is 4.59. The number of aromatic nitrogens is 2. The predicted molar refractivity (Wildman–Crippen MR) is 52.7 cm³/mol. The van der Waals surface area contributed by atoms with Gasteiger partial charge in [-0.2, -0.15) is 0 Å². The maximum atomic E-state index is 7.56. The Kier molecular flexibility index (Phi) is 3.68. The van der Waals surface area contributed by atoms with Crippen molar-refractivity contribution in [1.29, 1.82) is 0 Å². The van der Waals surface area contributed by atoms with Crippen molar-refractivity contribution in [1.82, 2.24) is 9.97 Å². The first-order valence-electron chi connectivity index (χ1n) is 3.39. The van der Waals surface area contributed by atoms with Crippen molar-refractivity contribution in [3.8, 4) is 0 Å². The summed E-state index contributed by atoms with van der Waals surface area (Å²) in [5.41, 5.74) is 1.40. The fraction of sp³-hybridized carbons (Fsp3) is 0. The second-order valence-electron chi connectivity index (χ2n) is 2.19. The molecule has 3 N–H and O–H groups in total. The van der Waals surface area contributed by atoms with Crippen LogP contribution in [0.3, 0.4) is 0 Å². The largest absolute Gasteiger partial charge is 0.425 e. The molecule has 0 saturated heterocycles. The van der Waals surface area contributed by atoms with E-state index in [1.807, 2.05) is 12.1 Å². The van der Waals surface area contributed by atoms with Crippen molar-refractivity contribution in [3.05, 3.63) is 24.7 Å². The molecule has 0 saturated carbocycles. The zero-order valence-electron chi connectivity index (χ0n) is 6.81. The summed E-state index contributed by atoms with van der Waals surface area (Å²) in [6, 6.07) is 3.68. The van der Waals surface area contributed by atoms with Crippen molar-refractivity contribution in [2.24, 2.45) is 0 Å². The Hall–Kier alpha value is -0.850. The van der Waals surface area contributed by atoms with Gasteiger partial charge in [0.2, 0.25) is 5.71 Å². The van der Waals surface area contributed by atoms with Crippen LogP contribution in [0.5, 0.6) is 0 Å². The number of hydrogen-bond acceptors (Lipinski definition) is 4. The Bertz CT molecular complexity index is 415. The van der Waals surface area contributed by atoms with Gasteiger partial charge in [0, 0.05) is 6.20 Å². The van der Waals surface area contributed by atoms with Crippen LogP contribution >= 0.6 is 6.72 Å². The maximum absolute atomic E-state index is 7.56. The molecule has 2 aromatic rings. The van der Waals surface area contributed by atoms with E-state index < -0.39 is 6.72 Å². The van der Waals surface area contributed by atoms with Gasteiger partial charge in [0.1, 0.15) is 5.52 Å². The molecule has 0 spiro atoms. The van der Waals surface area contributed by atoms with Crippen LogP contribution in [-0.2, 0) is 11.8 Å². The minimum absolute atomic E-state index is 0.595. The van der Waals surface area contributed by atoms with Gasteiger partial charge in [-0.15, -0.1) is 0 Å². The van der Waals surface area contributed by atoms with Gasteiger partial charge in [0.15, 0.2) is 6.39 Å². The van der Waals surface area contributed by atoms with Crippen molar-refractivity contribution < 1.29 is 19.1 Å². The number of hydrogen-bond donors (Lipinski definition) is 3. The van der Waals surface area contributed by atoms with Crippen LogP contribution in [0.2, 0.25) is 0 Å². The molecule has 8 heteroatoms. The molecule has 2 aromatic heterocycles. The third kappa shape index (κ3) is 4.40. The van der Waals surface area contributed by atoms with Crippen LogP contribution in [-0.4, -0.2) is 24.6 Å². The summed E-state index contributed by atoms with van der Waals surface area (Å²) < 4.78 is 4.90. The Labute approximate surface area is 84.1 Å². The first-order chi connectivity index (χ1) is 6.47. The number of rotatable bonds is 0. The molecule has 0 atom stereocenters. The van der Waals surface area contributed by atoms with E-state index in [2.05, 4.69) is 21.8 Å². The molecule has 0 aromatic carbocycles. The van der Waals surface area contributed by atoms with Crippen molar-refractivity contribution >= 4 is 29.8 Å². The molecule has 0 unspecified atom stereocenters. The molecule has 0 aliphatic heterocycles. The molecule has 6 nitrogen and oxygen atoms in total. The summed E-state index contributed by atoms with van der Waals surface area (Å²) in [5, 5.41) is 0. The summed E-state index contributed by atoms with van der Waals surface area (Å²) >= 11 is 3.60. The van der Waals surface area contributed by atoms with E-state index >= 15 is 0 Å². The highest BCUT2D eigenvalue weighted by molar-refractivity contribution is 8.06. The first kappa shape index (κ1) is 11.2. The summed E-state index contributed by atoms with van der Waals surface area (Å²) in [4.78, 5) is 30.5. The lowest BCUT2D eigenvalue weighted by molar-refractivity contribution is 0.363. The number of fused-ring (bicyclic) bond motifs is 1. The third-order valence-electron chi connectivity index (χ3n) is 1.11. The van der Waals surface area contributed by atoms with Gasteiger partial charge in [0.05, 0.1) is 0 Å². The molecule has 0 radical (unpaired) electrons. The molecule has 0 fully saturated rings. The van der Waals surface area contributed by atoms with Gasteiger partial charge < -0.3 is 19.1 Å². The van der Waals surface area contributed by atoms with E-state index in [1.54, 1.807) is 6.20 Å². The average Bonchev–Trinajstić information content (AvgIpc) is 2.47. The molecular weight excluding hydrogens is 227 g/mol. The van der Waals surface area contributed by atoms with Crippen molar-refractivity contribution in [2.75, 3.05) is 0 Å². The molecule has 14 heavy (non-hydrogen) atoms. The highest BCUT2D eigenvalue weighted by Crippen LogP contribution is 2.26. The monoisotopic (exact) mass is 234 g/mol. The second-order valence-corrected chi connectivity index (χ2v) is 4.69. The zero-order valence-corrected chi connectivity index (χ0v) is 8.52. The normalized spacial score (nSPS) is 10.8. The number of pyridine rings is 1. The Balaban J connectivity index is 0.000000171. The van der Waals surface area contributed by atoms with Crippen LogP contribution in [0.1, 0.15) is 0 Å². The summed E-state index contributed by atoms with van der Waals surface area (Å²) in [6.45, 7) is -3.81. The minimum atomic E-state index is -3.81. The van der Waals surface area contributed by atoms with Gasteiger partial charge in [-0.3, -0.25) is 0 Å². The van der Waals surface area contributed by atoms with E-state index in [1.165, 1.54) is 6.39 Å². The van der Waals surface area contributed by atoms with Crippen LogP contribution in [0.25, 0.3) is 11.2 Å². The maximum Gasteiger partial charge on any atom is 0.319 e. The molecule has 2 heterocycles. The molecule has 2 rings (SSSR count). The lowest BCUT2D eigenvalue weighted by atomic mass is 10.5. The van der Waals surface area contributed by atoms with Gasteiger partial charge in [0.25, 0.3) is 0 Å². The highest BCUT2D eigenvalue weighted by atomic mass is 32.5. The average molecular weight is 234 g/mol. The summed E-state index contributed by atoms with van der Waals surface area (Å²) in [7, 11) is 0. The van der Waals surface area contributed by atoms with Gasteiger partial charge in [-0.25, -0.2) is 9.97 Å². The Morgan fingerprint density at radius 3 is 2.50 bits per heavy atom. The smallest absolute Gasteiger partial charge is 0.319 e. The summed E-state index contributed by atoms with van der Waals surface area (Å²) in [5.74, 6) is 0. The molecule has 0 aliphatic rings. The van der Waals surface area contributed by atoms with E-state index in [-0.39, 0.29) is 0 Å². The molecule has 76 valence electrons. The standard InChI is InChI=1S/C6H4N2O.H3O3PS/c1-2-5-6(7-3-1)9-4-8-5;1-4(2,3)5/h1-4H;(H3,1,2,3,5). The predicted octanol–water partition coefficient (Wildman–Crippen LogP) is 0.411. The number of nitrogens with zero attached hydrogens (tertiary/aromatic N) is 2. The quantitative estimate of drug-likeness (QED) is 0.567. The lowest BCUT2D eigenvalue weighted by Gasteiger charge is -1.88. The lowest BCUT2D eigenvalue weighted by Crippen LogP contribution is -1.69. The van der Waals surface area contributed by atoms with Crippen LogP contribution in [0, 0.1) is 0 Å². The fourth-order valence-electron chi connectivity index (χ4n) is 0.704. The first-order valence-corrected chi connectivity index (χ1v) is 6.05. The molecular formula is C6H7N2O4PS. The minimum Gasteiger partial charge on any atom is -0.425 e. The molecule has 0 amide bonds. The molecule has 0 aliphatic carbocycles. The number of oxazole rings is 1. The van der Waals surface area contributed by atoms with Crippen LogP contribution < -0.4 is 0 Å². The van der Waals surface area contributed by atoms with Gasteiger partial charge in [-0.05, 0) is 23.9 Å². The SMILES string of the molecule is OP(O)(O)=S.c1cnc2ocnc2c1. The van der Waals surface area contributed by atoms with Crippen LogP contribution in [0.15, 0.2) is 29.1 Å². The van der Waals surface area contributed by atoms with Crippen molar-refractivity contribution in [2.45, 2.75) is 0 Å². The van der Waals surface area contributed by atoms with Crippen LogP contribution in [0.4, 0.5) is 0 Å². The third-order valence-corrected chi connectivity index (χ3v) is 1.11. The van der Waals surface area contributed by atoms with E-state index in [9.17, 15) is 0 Å². The van der Waals surface area contributed by atoms with Gasteiger partial charge >= 0.3 is 6.72 Å². The Morgan fingerprint density at radius 2 is 1.93 bits per heavy atom. The van der Waals surface area contributed by atoms with E-state index in [0.29, 0.717) is 5.71 Å². The zero-order chi connectivity index (χ0) is 10.6. The van der Waals surface area contributed by atoms with E-state index in [0.717, 1.165) is 5.52 Å². The highest BCUT2D eigenvalue weighted by Gasteiger charge is 1.93. The molecule has 0 bridgehead atoms. The van der Waals surface area contributed by atoms with Crippen molar-refractivity contribution in [3.63, 3.8) is 0 Å². The van der Waals surface area contributed by atoms with Gasteiger partial charge in [-0.1, -0.05) is 0 Å². The fourth-order valence-corrected chi connectivity index (χ4v) is 0.704. The summed E-state index contributed by atoms with van der Waals surface area (Å²) in [6.07, 6.45) is 3.06. The van der Waals surface area contributed by atoms with E-state index in [4.69, 9.17) is 19.1 Å². The topological polar surface area (TPSA) is 99.6 Å².